The Labute approximate surface area is 118 Å². The van der Waals surface area contributed by atoms with E-state index >= 15 is 0 Å². The maximum Gasteiger partial charge on any atom is 0.146 e. The predicted octanol–water partition coefficient (Wildman–Crippen LogP) is 2.33. The van der Waals surface area contributed by atoms with Gasteiger partial charge in [-0.2, -0.15) is 0 Å². The van der Waals surface area contributed by atoms with E-state index in [9.17, 15) is 4.39 Å². The molecule has 1 aromatic rings. The molecule has 1 aliphatic heterocycles. The van der Waals surface area contributed by atoms with E-state index in [1.807, 2.05) is 12.1 Å². The molecule has 5 heteroatoms. The molecule has 1 saturated carbocycles. The van der Waals surface area contributed by atoms with Crippen LogP contribution in [0.5, 0.6) is 0 Å². The first-order valence-electron chi connectivity index (χ1n) is 7.24. The first-order valence-corrected chi connectivity index (χ1v) is 7.24. The van der Waals surface area contributed by atoms with Gasteiger partial charge >= 0.3 is 0 Å². The summed E-state index contributed by atoms with van der Waals surface area (Å²) in [5, 5.41) is 12.5. The van der Waals surface area contributed by atoms with Crippen LogP contribution < -0.4 is 4.90 Å². The van der Waals surface area contributed by atoms with E-state index in [-0.39, 0.29) is 11.9 Å². The van der Waals surface area contributed by atoms with Crippen LogP contribution in [0.1, 0.15) is 19.3 Å². The van der Waals surface area contributed by atoms with E-state index in [2.05, 4.69) is 15.0 Å². The first kappa shape index (κ1) is 13.4. The fraction of sp³-hybridized carbons (Fsp3) is 0.533. The molecule has 20 heavy (non-hydrogen) atoms. The normalized spacial score (nSPS) is 26.4. The molecule has 0 aromatic heterocycles. The Morgan fingerprint density at radius 1 is 1.15 bits per heavy atom. The number of halogens is 1. The van der Waals surface area contributed by atoms with E-state index in [0.29, 0.717) is 5.69 Å². The zero-order valence-corrected chi connectivity index (χ0v) is 11.5. The van der Waals surface area contributed by atoms with Crippen LogP contribution in [-0.4, -0.2) is 48.0 Å². The lowest BCUT2D eigenvalue weighted by molar-refractivity contribution is 0.220. The molecule has 1 heterocycles. The van der Waals surface area contributed by atoms with Crippen LogP contribution in [0.25, 0.3) is 0 Å². The summed E-state index contributed by atoms with van der Waals surface area (Å²) in [6, 6.07) is 7.22. The molecule has 0 amide bonds. The molecule has 0 spiro atoms. The summed E-state index contributed by atoms with van der Waals surface area (Å²) in [5.74, 6) is -0.153. The molecule has 0 radical (unpaired) electrons. The minimum Gasteiger partial charge on any atom is -0.411 e. The van der Waals surface area contributed by atoms with Crippen LogP contribution in [0, 0.1) is 5.82 Å². The predicted molar refractivity (Wildman–Crippen MR) is 77.0 cm³/mol. The summed E-state index contributed by atoms with van der Waals surface area (Å²) in [6.07, 6.45) is 3.06. The highest BCUT2D eigenvalue weighted by atomic mass is 19.1. The minimum atomic E-state index is -0.153. The molecule has 4 nitrogen and oxygen atoms in total. The smallest absolute Gasteiger partial charge is 0.146 e. The third kappa shape index (κ3) is 2.50. The lowest BCUT2D eigenvalue weighted by atomic mass is 10.1. The zero-order chi connectivity index (χ0) is 13.9. The molecule has 1 aromatic carbocycles. The van der Waals surface area contributed by atoms with Crippen molar-refractivity contribution in [1.29, 1.82) is 0 Å². The quantitative estimate of drug-likeness (QED) is 0.666. The molecule has 2 fully saturated rings. The van der Waals surface area contributed by atoms with E-state index in [1.165, 1.54) is 6.07 Å². The van der Waals surface area contributed by atoms with Gasteiger partial charge in [-0.3, -0.25) is 4.90 Å². The lowest BCUT2D eigenvalue weighted by Gasteiger charge is -2.39. The Morgan fingerprint density at radius 2 is 1.90 bits per heavy atom. The van der Waals surface area contributed by atoms with Crippen molar-refractivity contribution in [3.63, 3.8) is 0 Å². The highest BCUT2D eigenvalue weighted by Crippen LogP contribution is 2.25. The van der Waals surface area contributed by atoms with Crippen molar-refractivity contribution in [3.8, 4) is 0 Å². The Hall–Kier alpha value is -1.62. The average Bonchev–Trinajstić information content (AvgIpc) is 2.96. The molecule has 3 rings (SSSR count). The van der Waals surface area contributed by atoms with Gasteiger partial charge in [0.1, 0.15) is 5.82 Å². The second kappa shape index (κ2) is 5.79. The van der Waals surface area contributed by atoms with E-state index in [4.69, 9.17) is 5.21 Å². The summed E-state index contributed by atoms with van der Waals surface area (Å²) < 4.78 is 13.8. The highest BCUT2D eigenvalue weighted by molar-refractivity contribution is 5.90. The van der Waals surface area contributed by atoms with E-state index in [0.717, 1.165) is 51.2 Å². The third-order valence-electron chi connectivity index (χ3n) is 4.37. The SMILES string of the molecule is O/N=C1\CCC[C@H]1N1CCN(c2ccccc2F)CC1. The number of hydrogen-bond donors (Lipinski definition) is 1. The van der Waals surface area contributed by atoms with Gasteiger partial charge in [-0.25, -0.2) is 4.39 Å². The topological polar surface area (TPSA) is 39.1 Å². The van der Waals surface area contributed by atoms with Gasteiger partial charge in [0, 0.05) is 26.2 Å². The van der Waals surface area contributed by atoms with Crippen LogP contribution in [0.4, 0.5) is 10.1 Å². The van der Waals surface area contributed by atoms with Gasteiger partial charge in [-0.05, 0) is 31.4 Å². The third-order valence-corrected chi connectivity index (χ3v) is 4.37. The number of piperazine rings is 1. The van der Waals surface area contributed by atoms with Gasteiger partial charge in [-0.15, -0.1) is 0 Å². The van der Waals surface area contributed by atoms with Crippen LogP contribution >= 0.6 is 0 Å². The molecule has 1 aliphatic carbocycles. The molecular weight excluding hydrogens is 257 g/mol. The summed E-state index contributed by atoms with van der Waals surface area (Å²) in [7, 11) is 0. The number of rotatable bonds is 2. The highest BCUT2D eigenvalue weighted by Gasteiger charge is 2.31. The van der Waals surface area contributed by atoms with Crippen molar-refractivity contribution in [2.24, 2.45) is 5.16 Å². The number of nitrogens with zero attached hydrogens (tertiary/aromatic N) is 3. The second-order valence-corrected chi connectivity index (χ2v) is 5.47. The summed E-state index contributed by atoms with van der Waals surface area (Å²) >= 11 is 0. The van der Waals surface area contributed by atoms with E-state index < -0.39 is 0 Å². The summed E-state index contributed by atoms with van der Waals surface area (Å²) in [4.78, 5) is 4.45. The van der Waals surface area contributed by atoms with Gasteiger partial charge in [0.15, 0.2) is 0 Å². The standard InChI is InChI=1S/C15H20FN3O/c16-12-4-1-2-6-14(12)18-8-10-19(11-9-18)15-7-3-5-13(15)17-20/h1-2,4,6,15,20H,3,5,7-11H2/b17-13+/t15-/m1/s1. The van der Waals surface area contributed by atoms with Crippen LogP contribution in [0.2, 0.25) is 0 Å². The van der Waals surface area contributed by atoms with Crippen molar-refractivity contribution in [3.05, 3.63) is 30.1 Å². The van der Waals surface area contributed by atoms with Gasteiger partial charge in [0.05, 0.1) is 17.4 Å². The monoisotopic (exact) mass is 277 g/mol. The molecule has 0 unspecified atom stereocenters. The number of hydrogen-bond acceptors (Lipinski definition) is 4. The molecule has 0 bridgehead atoms. The number of oxime groups is 1. The molecule has 108 valence electrons. The molecule has 1 N–H and O–H groups in total. The van der Waals surface area contributed by atoms with Crippen molar-refractivity contribution >= 4 is 11.4 Å². The fourth-order valence-corrected chi connectivity index (χ4v) is 3.30. The minimum absolute atomic E-state index is 0.153. The zero-order valence-electron chi connectivity index (χ0n) is 11.5. The van der Waals surface area contributed by atoms with Gasteiger partial charge in [-0.1, -0.05) is 17.3 Å². The molecular formula is C15H20FN3O. The first-order chi connectivity index (χ1) is 9.79. The maximum absolute atomic E-state index is 13.8. The largest absolute Gasteiger partial charge is 0.411 e. The summed E-state index contributed by atoms with van der Waals surface area (Å²) in [5.41, 5.74) is 1.60. The Balaban J connectivity index is 1.64. The van der Waals surface area contributed by atoms with Crippen LogP contribution in [-0.2, 0) is 0 Å². The molecule has 1 atom stereocenters. The maximum atomic E-state index is 13.8. The van der Waals surface area contributed by atoms with Crippen LogP contribution in [0.3, 0.4) is 0 Å². The van der Waals surface area contributed by atoms with Gasteiger partial charge in [0.25, 0.3) is 0 Å². The molecule has 2 aliphatic rings. The fourth-order valence-electron chi connectivity index (χ4n) is 3.30. The van der Waals surface area contributed by atoms with E-state index in [1.54, 1.807) is 6.07 Å². The van der Waals surface area contributed by atoms with Gasteiger partial charge in [0.2, 0.25) is 0 Å². The lowest BCUT2D eigenvalue weighted by Crippen LogP contribution is -2.51. The van der Waals surface area contributed by atoms with Crippen molar-refractivity contribution in [1.82, 2.24) is 4.90 Å². The van der Waals surface area contributed by atoms with Crippen molar-refractivity contribution in [2.75, 3.05) is 31.1 Å². The number of para-hydroxylation sites is 1. The Morgan fingerprint density at radius 3 is 2.60 bits per heavy atom. The number of anilines is 1. The van der Waals surface area contributed by atoms with Crippen molar-refractivity contribution in [2.45, 2.75) is 25.3 Å². The van der Waals surface area contributed by atoms with Crippen molar-refractivity contribution < 1.29 is 9.60 Å². The average molecular weight is 277 g/mol. The molecule has 1 saturated heterocycles. The van der Waals surface area contributed by atoms with Gasteiger partial charge < -0.3 is 10.1 Å². The number of benzene rings is 1. The Bertz CT molecular complexity index is 498. The van der Waals surface area contributed by atoms with Crippen LogP contribution in [0.15, 0.2) is 29.4 Å². The second-order valence-electron chi connectivity index (χ2n) is 5.47. The summed E-state index contributed by atoms with van der Waals surface area (Å²) in [6.45, 7) is 3.41. The Kier molecular flexibility index (Phi) is 3.87.